The van der Waals surface area contributed by atoms with Gasteiger partial charge in [-0.25, -0.2) is 13.2 Å². The quantitative estimate of drug-likeness (QED) is 0.830. The lowest BCUT2D eigenvalue weighted by Crippen LogP contribution is -2.36. The van der Waals surface area contributed by atoms with Crippen LogP contribution < -0.4 is 4.74 Å². The number of methoxy groups -OCH3 is 1. The molecule has 1 aliphatic rings. The fourth-order valence-corrected chi connectivity index (χ4v) is 4.67. The van der Waals surface area contributed by atoms with Crippen LogP contribution in [0.2, 0.25) is 5.02 Å². The maximum atomic E-state index is 13.0. The van der Waals surface area contributed by atoms with E-state index in [1.807, 2.05) is 0 Å². The number of carboxylic acid groups (broad SMARTS) is 1. The number of ether oxygens (including phenoxy) is 1. The van der Waals surface area contributed by atoms with E-state index in [4.69, 9.17) is 16.3 Å². The van der Waals surface area contributed by atoms with Crippen LogP contribution >= 0.6 is 11.6 Å². The first-order valence-corrected chi connectivity index (χ1v) is 9.36. The number of aromatic carboxylic acids is 1. The summed E-state index contributed by atoms with van der Waals surface area (Å²) in [6.45, 7) is 2.49. The van der Waals surface area contributed by atoms with Gasteiger partial charge >= 0.3 is 5.97 Å². The predicted octanol–water partition coefficient (Wildman–Crippen LogP) is 1.29. The Hall–Kier alpha value is -1.84. The first kappa shape index (κ1) is 19.5. The molecule has 10 heteroatoms. The molecule has 1 aliphatic heterocycles. The molecule has 0 saturated carbocycles. The molecule has 0 spiro atoms. The van der Waals surface area contributed by atoms with E-state index in [1.54, 1.807) is 4.90 Å². The van der Waals surface area contributed by atoms with Crippen LogP contribution in [0, 0.1) is 0 Å². The highest BCUT2D eigenvalue weighted by Gasteiger charge is 2.32. The van der Waals surface area contributed by atoms with E-state index >= 15 is 0 Å². The van der Waals surface area contributed by atoms with Crippen molar-refractivity contribution in [1.29, 1.82) is 0 Å². The zero-order valence-electron chi connectivity index (χ0n) is 13.9. The van der Waals surface area contributed by atoms with Gasteiger partial charge in [-0.1, -0.05) is 11.6 Å². The summed E-state index contributed by atoms with van der Waals surface area (Å²) >= 11 is 5.91. The fourth-order valence-electron chi connectivity index (χ4n) is 2.72. The van der Waals surface area contributed by atoms with Crippen LogP contribution in [-0.2, 0) is 14.8 Å². The zero-order chi connectivity index (χ0) is 18.8. The second-order valence-electron chi connectivity index (χ2n) is 5.55. The highest BCUT2D eigenvalue weighted by molar-refractivity contribution is 7.89. The number of hydrogen-bond donors (Lipinski definition) is 1. The first-order chi connectivity index (χ1) is 11.7. The van der Waals surface area contributed by atoms with Gasteiger partial charge in [-0.3, -0.25) is 4.79 Å². The molecular weight excluding hydrogens is 372 g/mol. The molecule has 0 aromatic heterocycles. The minimum Gasteiger partial charge on any atom is -0.494 e. The Morgan fingerprint density at radius 2 is 1.88 bits per heavy atom. The van der Waals surface area contributed by atoms with Gasteiger partial charge in [0.25, 0.3) is 0 Å². The third kappa shape index (κ3) is 4.05. The number of carbonyl (C=O) groups is 2. The van der Waals surface area contributed by atoms with Gasteiger partial charge in [0.05, 0.1) is 7.11 Å². The van der Waals surface area contributed by atoms with Crippen LogP contribution in [0.15, 0.2) is 17.0 Å². The monoisotopic (exact) mass is 390 g/mol. The molecule has 25 heavy (non-hydrogen) atoms. The van der Waals surface area contributed by atoms with Crippen molar-refractivity contribution >= 4 is 33.5 Å². The van der Waals surface area contributed by atoms with Gasteiger partial charge in [-0.15, -0.1) is 0 Å². The van der Waals surface area contributed by atoms with E-state index in [2.05, 4.69) is 0 Å². The smallest absolute Gasteiger partial charge is 0.339 e. The summed E-state index contributed by atoms with van der Waals surface area (Å²) in [5.74, 6) is -1.72. The van der Waals surface area contributed by atoms with Gasteiger partial charge in [0.1, 0.15) is 10.5 Å². The number of hydrogen-bond acceptors (Lipinski definition) is 5. The summed E-state index contributed by atoms with van der Waals surface area (Å²) in [6, 6.07) is 2.32. The van der Waals surface area contributed by atoms with Crippen molar-refractivity contribution in [1.82, 2.24) is 9.21 Å². The van der Waals surface area contributed by atoms with Gasteiger partial charge < -0.3 is 14.7 Å². The molecule has 1 amide bonds. The molecule has 0 aliphatic carbocycles. The van der Waals surface area contributed by atoms with Crippen LogP contribution in [-0.4, -0.2) is 67.9 Å². The number of halogens is 1. The molecule has 8 nitrogen and oxygen atoms in total. The van der Waals surface area contributed by atoms with Crippen LogP contribution in [0.25, 0.3) is 0 Å². The molecule has 1 N–H and O–H groups in total. The van der Waals surface area contributed by atoms with Crippen LogP contribution in [0.5, 0.6) is 5.75 Å². The van der Waals surface area contributed by atoms with Crippen molar-refractivity contribution in [3.63, 3.8) is 0 Å². The molecule has 1 fully saturated rings. The summed E-state index contributed by atoms with van der Waals surface area (Å²) in [6.07, 6.45) is 0.480. The number of nitrogens with zero attached hydrogens (tertiary/aromatic N) is 2. The van der Waals surface area contributed by atoms with E-state index in [1.165, 1.54) is 24.4 Å². The largest absolute Gasteiger partial charge is 0.494 e. The molecule has 1 saturated heterocycles. The average molecular weight is 391 g/mol. The molecule has 0 bridgehead atoms. The SMILES string of the molecule is COc1c(C(=O)O)cc(Cl)cc1S(=O)(=O)N1CCCN(C(C)=O)CC1. The van der Waals surface area contributed by atoms with E-state index < -0.39 is 16.0 Å². The summed E-state index contributed by atoms with van der Waals surface area (Å²) in [5, 5.41) is 9.25. The number of carboxylic acids is 1. The Morgan fingerprint density at radius 3 is 2.44 bits per heavy atom. The minimum atomic E-state index is -4.03. The second-order valence-corrected chi connectivity index (χ2v) is 7.90. The van der Waals surface area contributed by atoms with Gasteiger partial charge in [0, 0.05) is 38.1 Å². The van der Waals surface area contributed by atoms with E-state index in [0.717, 1.165) is 6.07 Å². The van der Waals surface area contributed by atoms with Crippen molar-refractivity contribution in [3.8, 4) is 5.75 Å². The Bertz CT molecular complexity index is 795. The molecule has 2 rings (SSSR count). The van der Waals surface area contributed by atoms with E-state index in [0.29, 0.717) is 13.0 Å². The highest BCUT2D eigenvalue weighted by Crippen LogP contribution is 2.34. The van der Waals surface area contributed by atoms with E-state index in [-0.39, 0.29) is 46.8 Å². The topological polar surface area (TPSA) is 104 Å². The number of rotatable bonds is 4. The van der Waals surface area contributed by atoms with Gasteiger partial charge in [-0.05, 0) is 18.6 Å². The number of benzene rings is 1. The van der Waals surface area contributed by atoms with Gasteiger partial charge in [0.15, 0.2) is 5.75 Å². The lowest BCUT2D eigenvalue weighted by atomic mass is 10.2. The lowest BCUT2D eigenvalue weighted by Gasteiger charge is -2.22. The minimum absolute atomic E-state index is 0.0167. The lowest BCUT2D eigenvalue weighted by molar-refractivity contribution is -0.128. The number of sulfonamides is 1. The van der Waals surface area contributed by atoms with Crippen molar-refractivity contribution < 1.29 is 27.9 Å². The second kappa shape index (κ2) is 7.59. The maximum Gasteiger partial charge on any atom is 0.339 e. The van der Waals surface area contributed by atoms with Gasteiger partial charge in [0.2, 0.25) is 15.9 Å². The highest BCUT2D eigenvalue weighted by atomic mass is 35.5. The number of amides is 1. The zero-order valence-corrected chi connectivity index (χ0v) is 15.4. The van der Waals surface area contributed by atoms with Crippen LogP contribution in [0.4, 0.5) is 0 Å². The van der Waals surface area contributed by atoms with Crippen LogP contribution in [0.3, 0.4) is 0 Å². The third-order valence-electron chi connectivity index (χ3n) is 3.97. The molecule has 138 valence electrons. The predicted molar refractivity (Wildman–Crippen MR) is 90.6 cm³/mol. The molecule has 0 radical (unpaired) electrons. The Morgan fingerprint density at radius 1 is 1.20 bits per heavy atom. The Labute approximate surface area is 151 Å². The summed E-state index contributed by atoms with van der Waals surface area (Å²) in [5.41, 5.74) is -0.325. The summed E-state index contributed by atoms with van der Waals surface area (Å²) < 4.78 is 32.3. The van der Waals surface area contributed by atoms with Crippen LogP contribution in [0.1, 0.15) is 23.7 Å². The standard InChI is InChI=1S/C15H19ClN2O6S/c1-10(19)17-4-3-5-18(7-6-17)25(22,23)13-9-11(16)8-12(15(20)21)14(13)24-2/h8-9H,3-7H2,1-2H3,(H,20,21). The van der Waals surface area contributed by atoms with Crippen molar-refractivity contribution in [2.45, 2.75) is 18.2 Å². The van der Waals surface area contributed by atoms with Gasteiger partial charge in [-0.2, -0.15) is 4.31 Å². The van der Waals surface area contributed by atoms with Crippen molar-refractivity contribution in [3.05, 3.63) is 22.7 Å². The van der Waals surface area contributed by atoms with Crippen molar-refractivity contribution in [2.75, 3.05) is 33.3 Å². The molecule has 0 atom stereocenters. The molecule has 0 unspecified atom stereocenters. The molecule has 1 aromatic carbocycles. The molecule has 1 heterocycles. The summed E-state index contributed by atoms with van der Waals surface area (Å²) in [7, 11) is -2.83. The summed E-state index contributed by atoms with van der Waals surface area (Å²) in [4.78, 5) is 24.1. The molecule has 1 aromatic rings. The Balaban J connectivity index is 2.46. The third-order valence-corrected chi connectivity index (χ3v) is 6.09. The molecular formula is C15H19ClN2O6S. The normalized spacial score (nSPS) is 16.4. The fraction of sp³-hybridized carbons (Fsp3) is 0.467. The van der Waals surface area contributed by atoms with E-state index in [9.17, 15) is 23.1 Å². The average Bonchev–Trinajstić information content (AvgIpc) is 2.80. The van der Waals surface area contributed by atoms with Crippen molar-refractivity contribution in [2.24, 2.45) is 0 Å². The Kier molecular flexibility index (Phi) is 5.91. The maximum absolute atomic E-state index is 13.0. The number of carbonyl (C=O) groups excluding carboxylic acids is 1. The first-order valence-electron chi connectivity index (χ1n) is 7.55.